The Morgan fingerprint density at radius 1 is 0.792 bits per heavy atom. The van der Waals surface area contributed by atoms with Crippen molar-refractivity contribution in [1.29, 1.82) is 0 Å². The minimum atomic E-state index is 1.10. The van der Waals surface area contributed by atoms with E-state index < -0.39 is 0 Å². The van der Waals surface area contributed by atoms with Gasteiger partial charge in [0.05, 0.1) is 22.1 Å². The number of para-hydroxylation sites is 1. The van der Waals surface area contributed by atoms with Gasteiger partial charge in [0.15, 0.2) is 0 Å². The van der Waals surface area contributed by atoms with E-state index >= 15 is 0 Å². The van der Waals surface area contributed by atoms with Crippen LogP contribution in [0, 0.1) is 6.92 Å². The molecule has 0 amide bonds. The fourth-order valence-electron chi connectivity index (χ4n) is 4.21. The van der Waals surface area contributed by atoms with Crippen LogP contribution in [0.4, 0.5) is 0 Å². The maximum Gasteiger partial charge on any atom is 0.0822 e. The quantitative estimate of drug-likeness (QED) is 0.260. The zero-order valence-electron chi connectivity index (χ0n) is 13.2. The average molecular weight is 306 g/mol. The SMILES string of the molecule is Cc1ccc2c(c1)c1nccc3ccc4c5ccccc5n2c4c31. The highest BCUT2D eigenvalue weighted by Crippen LogP contribution is 2.40. The molecule has 6 aromatic rings. The largest absolute Gasteiger partial charge is 0.308 e. The molecule has 2 heteroatoms. The molecule has 0 radical (unpaired) electrons. The molecule has 112 valence electrons. The van der Waals surface area contributed by atoms with Gasteiger partial charge in [-0.15, -0.1) is 0 Å². The van der Waals surface area contributed by atoms with Crippen molar-refractivity contribution in [3.63, 3.8) is 0 Å². The lowest BCUT2D eigenvalue weighted by atomic mass is 10.0. The fraction of sp³-hybridized carbons (Fsp3) is 0.0455. The first kappa shape index (κ1) is 12.3. The second-order valence-electron chi connectivity index (χ2n) is 6.59. The number of pyridine rings is 2. The van der Waals surface area contributed by atoms with E-state index in [1.807, 2.05) is 6.20 Å². The minimum Gasteiger partial charge on any atom is -0.308 e. The smallest absolute Gasteiger partial charge is 0.0822 e. The molecule has 0 fully saturated rings. The number of nitrogens with zero attached hydrogens (tertiary/aromatic N) is 2. The van der Waals surface area contributed by atoms with E-state index in [0.29, 0.717) is 0 Å². The van der Waals surface area contributed by atoms with Gasteiger partial charge in [0.25, 0.3) is 0 Å². The highest BCUT2D eigenvalue weighted by molar-refractivity contribution is 6.27. The Balaban J connectivity index is 2.14. The van der Waals surface area contributed by atoms with E-state index in [2.05, 4.69) is 72.0 Å². The number of fused-ring (bicyclic) bond motifs is 6. The summed E-state index contributed by atoms with van der Waals surface area (Å²) >= 11 is 0. The molecule has 24 heavy (non-hydrogen) atoms. The van der Waals surface area contributed by atoms with Gasteiger partial charge in [-0.2, -0.15) is 0 Å². The maximum absolute atomic E-state index is 4.76. The van der Waals surface area contributed by atoms with Crippen molar-refractivity contribution >= 4 is 49.0 Å². The molecule has 0 unspecified atom stereocenters. The van der Waals surface area contributed by atoms with Gasteiger partial charge >= 0.3 is 0 Å². The summed E-state index contributed by atoms with van der Waals surface area (Å²) in [6, 6.07) is 21.9. The molecule has 0 aliphatic carbocycles. The lowest BCUT2D eigenvalue weighted by Crippen LogP contribution is -1.94. The molecule has 0 atom stereocenters. The second-order valence-corrected chi connectivity index (χ2v) is 6.59. The maximum atomic E-state index is 4.76. The average Bonchev–Trinajstić information content (AvgIpc) is 2.96. The highest BCUT2D eigenvalue weighted by Gasteiger charge is 2.17. The van der Waals surface area contributed by atoms with Crippen LogP contribution in [0.25, 0.3) is 49.0 Å². The van der Waals surface area contributed by atoms with Crippen LogP contribution in [0.2, 0.25) is 0 Å². The normalized spacial score (nSPS) is 12.4. The van der Waals surface area contributed by atoms with Crippen LogP contribution in [-0.2, 0) is 0 Å². The van der Waals surface area contributed by atoms with Gasteiger partial charge in [0.2, 0.25) is 0 Å². The Morgan fingerprint density at radius 3 is 2.62 bits per heavy atom. The summed E-state index contributed by atoms with van der Waals surface area (Å²) in [5.41, 5.74) is 6.14. The van der Waals surface area contributed by atoms with Gasteiger partial charge in [0, 0.05) is 27.7 Å². The standard InChI is InChI=1S/C22H14N2/c1-13-6-9-19-17(12-13)21-20-14(10-11-23-21)7-8-16-15-4-2-3-5-18(15)24(19)22(16)20/h2-12H,1H3. The van der Waals surface area contributed by atoms with Crippen molar-refractivity contribution in [2.75, 3.05) is 0 Å². The molecular weight excluding hydrogens is 292 g/mol. The van der Waals surface area contributed by atoms with E-state index in [-0.39, 0.29) is 0 Å². The molecule has 0 aliphatic heterocycles. The predicted molar refractivity (Wildman–Crippen MR) is 101 cm³/mol. The fourth-order valence-corrected chi connectivity index (χ4v) is 4.21. The third-order valence-corrected chi connectivity index (χ3v) is 5.21. The first-order chi connectivity index (χ1) is 11.8. The summed E-state index contributed by atoms with van der Waals surface area (Å²) in [4.78, 5) is 4.76. The van der Waals surface area contributed by atoms with E-state index in [1.165, 1.54) is 49.0 Å². The van der Waals surface area contributed by atoms with Crippen molar-refractivity contribution in [2.45, 2.75) is 6.92 Å². The first-order valence-electron chi connectivity index (χ1n) is 8.25. The molecule has 2 nitrogen and oxygen atoms in total. The van der Waals surface area contributed by atoms with Gasteiger partial charge in [-0.05, 0) is 36.6 Å². The van der Waals surface area contributed by atoms with E-state index in [9.17, 15) is 0 Å². The van der Waals surface area contributed by atoms with Crippen LogP contribution in [-0.4, -0.2) is 9.38 Å². The van der Waals surface area contributed by atoms with Crippen LogP contribution in [0.3, 0.4) is 0 Å². The molecule has 0 saturated carbocycles. The van der Waals surface area contributed by atoms with Crippen molar-refractivity contribution < 1.29 is 0 Å². The Hall–Kier alpha value is -3.13. The van der Waals surface area contributed by atoms with Gasteiger partial charge in [-0.3, -0.25) is 4.98 Å². The third kappa shape index (κ3) is 1.31. The number of hydrogen-bond acceptors (Lipinski definition) is 1. The van der Waals surface area contributed by atoms with E-state index in [4.69, 9.17) is 4.98 Å². The molecule has 0 bridgehead atoms. The number of benzene rings is 3. The Bertz CT molecular complexity index is 1410. The van der Waals surface area contributed by atoms with Gasteiger partial charge in [0.1, 0.15) is 0 Å². The summed E-state index contributed by atoms with van der Waals surface area (Å²) < 4.78 is 2.41. The zero-order chi connectivity index (χ0) is 15.8. The van der Waals surface area contributed by atoms with Crippen LogP contribution >= 0.6 is 0 Å². The summed E-state index contributed by atoms with van der Waals surface area (Å²) in [5, 5.41) is 6.35. The zero-order valence-corrected chi connectivity index (χ0v) is 13.2. The van der Waals surface area contributed by atoms with Crippen LogP contribution in [0.1, 0.15) is 5.56 Å². The van der Waals surface area contributed by atoms with Gasteiger partial charge < -0.3 is 4.40 Å². The van der Waals surface area contributed by atoms with Gasteiger partial charge in [-0.25, -0.2) is 0 Å². The molecule has 6 rings (SSSR count). The summed E-state index contributed by atoms with van der Waals surface area (Å²) in [6.45, 7) is 2.14. The second kappa shape index (κ2) is 4.04. The Labute approximate surface area is 138 Å². The van der Waals surface area contributed by atoms with E-state index in [1.54, 1.807) is 0 Å². The van der Waals surface area contributed by atoms with Crippen molar-refractivity contribution in [3.8, 4) is 0 Å². The molecule has 0 spiro atoms. The van der Waals surface area contributed by atoms with Crippen molar-refractivity contribution in [1.82, 2.24) is 9.38 Å². The lowest BCUT2D eigenvalue weighted by Gasteiger charge is -2.12. The first-order valence-corrected chi connectivity index (χ1v) is 8.25. The van der Waals surface area contributed by atoms with E-state index in [0.717, 1.165) is 5.52 Å². The topological polar surface area (TPSA) is 17.3 Å². The van der Waals surface area contributed by atoms with Gasteiger partial charge in [-0.1, -0.05) is 42.0 Å². The Morgan fingerprint density at radius 2 is 1.67 bits per heavy atom. The summed E-state index contributed by atoms with van der Waals surface area (Å²) in [7, 11) is 0. The van der Waals surface area contributed by atoms with Crippen LogP contribution in [0.15, 0.2) is 66.9 Å². The number of aryl methyl sites for hydroxylation is 1. The summed E-state index contributed by atoms with van der Waals surface area (Å²) in [5.74, 6) is 0. The lowest BCUT2D eigenvalue weighted by molar-refractivity contribution is 1.33. The predicted octanol–water partition coefficient (Wildman–Crippen LogP) is 5.69. The molecule has 3 heterocycles. The Kier molecular flexibility index (Phi) is 2.07. The molecule has 3 aromatic carbocycles. The molecule has 0 saturated heterocycles. The van der Waals surface area contributed by atoms with Crippen molar-refractivity contribution in [2.24, 2.45) is 0 Å². The number of aromatic nitrogens is 2. The highest BCUT2D eigenvalue weighted by atomic mass is 14.9. The number of rotatable bonds is 0. The molecule has 0 aliphatic rings. The summed E-state index contributed by atoms with van der Waals surface area (Å²) in [6.07, 6.45) is 1.92. The monoisotopic (exact) mass is 306 g/mol. The molecule has 3 aromatic heterocycles. The third-order valence-electron chi connectivity index (χ3n) is 5.21. The van der Waals surface area contributed by atoms with Crippen LogP contribution < -0.4 is 0 Å². The van der Waals surface area contributed by atoms with Crippen LogP contribution in [0.5, 0.6) is 0 Å². The number of hydrogen-bond donors (Lipinski definition) is 0. The molecule has 0 N–H and O–H groups in total. The minimum absolute atomic E-state index is 1.10. The molecular formula is C22H14N2. The van der Waals surface area contributed by atoms with Crippen molar-refractivity contribution in [3.05, 3.63) is 72.4 Å².